The monoisotopic (exact) mass is 216 g/mol. The molecule has 1 aromatic rings. The van der Waals surface area contributed by atoms with Gasteiger partial charge in [-0.1, -0.05) is 54.0 Å². The SMILES string of the molecule is C=C(C)CC.C=C(C)c1cc(C)cc(C)c1. The average molecular weight is 216 g/mol. The first-order valence-corrected chi connectivity index (χ1v) is 5.75. The Morgan fingerprint density at radius 1 is 1.00 bits per heavy atom. The molecule has 0 aromatic heterocycles. The number of aryl methyl sites for hydroxylation is 2. The summed E-state index contributed by atoms with van der Waals surface area (Å²) in [7, 11) is 0. The molecule has 1 aromatic carbocycles. The molecule has 0 N–H and O–H groups in total. The van der Waals surface area contributed by atoms with Gasteiger partial charge in [-0.05, 0) is 39.7 Å². The highest BCUT2D eigenvalue weighted by Crippen LogP contribution is 2.15. The highest BCUT2D eigenvalue weighted by Gasteiger charge is 1.94. The topological polar surface area (TPSA) is 0 Å². The molecule has 0 amide bonds. The van der Waals surface area contributed by atoms with Crippen molar-refractivity contribution in [3.63, 3.8) is 0 Å². The van der Waals surface area contributed by atoms with E-state index in [-0.39, 0.29) is 0 Å². The maximum absolute atomic E-state index is 3.91. The average Bonchev–Trinajstić information content (AvgIpc) is 2.17. The molecule has 16 heavy (non-hydrogen) atoms. The summed E-state index contributed by atoms with van der Waals surface area (Å²) in [5.74, 6) is 0. The predicted molar refractivity (Wildman–Crippen MR) is 75.7 cm³/mol. The van der Waals surface area contributed by atoms with Crippen LogP contribution in [0.2, 0.25) is 0 Å². The molecule has 0 aliphatic carbocycles. The predicted octanol–water partition coefficient (Wildman–Crippen LogP) is 5.31. The largest absolute Gasteiger partial charge is 0.100 e. The lowest BCUT2D eigenvalue weighted by Crippen LogP contribution is -1.82. The molecule has 0 saturated carbocycles. The van der Waals surface area contributed by atoms with Crippen molar-refractivity contribution in [3.05, 3.63) is 53.6 Å². The minimum Gasteiger partial charge on any atom is -0.100 e. The van der Waals surface area contributed by atoms with Crippen molar-refractivity contribution in [2.45, 2.75) is 41.0 Å². The first-order chi connectivity index (χ1) is 7.36. The second kappa shape index (κ2) is 7.05. The molecular formula is C16H24. The van der Waals surface area contributed by atoms with Gasteiger partial charge in [-0.2, -0.15) is 0 Å². The highest BCUT2D eigenvalue weighted by molar-refractivity contribution is 5.62. The molecule has 0 atom stereocenters. The number of hydrogen-bond donors (Lipinski definition) is 0. The third-order valence-electron chi connectivity index (χ3n) is 2.32. The summed E-state index contributed by atoms with van der Waals surface area (Å²) in [6.07, 6.45) is 1.11. The highest BCUT2D eigenvalue weighted by atomic mass is 14.0. The second-order valence-electron chi connectivity index (χ2n) is 4.47. The first-order valence-electron chi connectivity index (χ1n) is 5.75. The van der Waals surface area contributed by atoms with Crippen molar-refractivity contribution in [1.29, 1.82) is 0 Å². The van der Waals surface area contributed by atoms with E-state index in [0.717, 1.165) is 12.0 Å². The normalized spacial score (nSPS) is 9.06. The standard InChI is InChI=1S/C11H14.C5H10/c1-8(2)11-6-9(3)5-10(4)7-11;1-4-5(2)3/h5-7H,1H2,2-4H3;2,4H2,1,3H3. The number of rotatable bonds is 2. The fraction of sp³-hybridized carbons (Fsp3) is 0.375. The van der Waals surface area contributed by atoms with Crippen LogP contribution in [0, 0.1) is 13.8 Å². The van der Waals surface area contributed by atoms with Crippen molar-refractivity contribution in [3.8, 4) is 0 Å². The van der Waals surface area contributed by atoms with Gasteiger partial charge >= 0.3 is 0 Å². The molecule has 88 valence electrons. The zero-order valence-electron chi connectivity index (χ0n) is 11.4. The van der Waals surface area contributed by atoms with Gasteiger partial charge in [0, 0.05) is 0 Å². The summed E-state index contributed by atoms with van der Waals surface area (Å²) in [5.41, 5.74) is 6.26. The van der Waals surface area contributed by atoms with Crippen LogP contribution < -0.4 is 0 Å². The molecule has 0 heteroatoms. The molecular weight excluding hydrogens is 192 g/mol. The molecule has 0 nitrogen and oxygen atoms in total. The van der Waals surface area contributed by atoms with E-state index in [4.69, 9.17) is 0 Å². The minimum atomic E-state index is 1.11. The fourth-order valence-electron chi connectivity index (χ4n) is 1.22. The summed E-state index contributed by atoms with van der Waals surface area (Å²) < 4.78 is 0. The quantitative estimate of drug-likeness (QED) is 0.588. The fourth-order valence-corrected chi connectivity index (χ4v) is 1.22. The van der Waals surface area contributed by atoms with Crippen LogP contribution in [0.4, 0.5) is 0 Å². The van der Waals surface area contributed by atoms with Crippen LogP contribution in [0.5, 0.6) is 0 Å². The van der Waals surface area contributed by atoms with Crippen LogP contribution in [0.3, 0.4) is 0 Å². The molecule has 0 spiro atoms. The molecule has 0 unspecified atom stereocenters. The lowest BCUT2D eigenvalue weighted by molar-refractivity contribution is 1.11. The Bertz CT molecular complexity index is 349. The van der Waals surface area contributed by atoms with Crippen LogP contribution >= 0.6 is 0 Å². The van der Waals surface area contributed by atoms with Gasteiger partial charge < -0.3 is 0 Å². The Morgan fingerprint density at radius 3 is 1.62 bits per heavy atom. The molecule has 0 heterocycles. The van der Waals surface area contributed by atoms with Crippen LogP contribution in [0.1, 0.15) is 43.9 Å². The Kier molecular flexibility index (Phi) is 6.48. The van der Waals surface area contributed by atoms with Gasteiger partial charge in [-0.15, -0.1) is 6.58 Å². The smallest absolute Gasteiger partial charge is 0.0228 e. The zero-order chi connectivity index (χ0) is 12.7. The lowest BCUT2D eigenvalue weighted by atomic mass is 10.0. The van der Waals surface area contributed by atoms with Crippen LogP contribution in [-0.2, 0) is 0 Å². The molecule has 0 fully saturated rings. The Labute approximate surface area is 101 Å². The molecule has 0 aliphatic heterocycles. The van der Waals surface area contributed by atoms with Crippen molar-refractivity contribution in [2.24, 2.45) is 0 Å². The van der Waals surface area contributed by atoms with Crippen molar-refractivity contribution < 1.29 is 0 Å². The lowest BCUT2D eigenvalue weighted by Gasteiger charge is -2.02. The number of benzene rings is 1. The van der Waals surface area contributed by atoms with E-state index in [1.165, 1.54) is 22.3 Å². The maximum atomic E-state index is 3.91. The Balaban J connectivity index is 0.000000385. The summed E-state index contributed by atoms with van der Waals surface area (Å²) >= 11 is 0. The van der Waals surface area contributed by atoms with E-state index in [1.54, 1.807) is 0 Å². The van der Waals surface area contributed by atoms with Gasteiger partial charge in [0.25, 0.3) is 0 Å². The number of hydrogen-bond acceptors (Lipinski definition) is 0. The van der Waals surface area contributed by atoms with Crippen LogP contribution in [0.15, 0.2) is 36.9 Å². The Morgan fingerprint density at radius 2 is 1.38 bits per heavy atom. The summed E-state index contributed by atoms with van der Waals surface area (Å²) in [6.45, 7) is 18.0. The minimum absolute atomic E-state index is 1.11. The maximum Gasteiger partial charge on any atom is -0.0228 e. The third kappa shape index (κ3) is 6.23. The Hall–Kier alpha value is -1.30. The summed E-state index contributed by atoms with van der Waals surface area (Å²) in [6, 6.07) is 6.50. The van der Waals surface area contributed by atoms with E-state index in [9.17, 15) is 0 Å². The molecule has 0 radical (unpaired) electrons. The molecule has 0 bridgehead atoms. The van der Waals surface area contributed by atoms with Gasteiger partial charge in [0.05, 0.1) is 0 Å². The first kappa shape index (κ1) is 14.7. The van der Waals surface area contributed by atoms with E-state index in [0.29, 0.717) is 0 Å². The van der Waals surface area contributed by atoms with Crippen molar-refractivity contribution in [1.82, 2.24) is 0 Å². The van der Waals surface area contributed by atoms with Gasteiger partial charge in [-0.3, -0.25) is 0 Å². The second-order valence-corrected chi connectivity index (χ2v) is 4.47. The van der Waals surface area contributed by atoms with Crippen LogP contribution in [-0.4, -0.2) is 0 Å². The van der Waals surface area contributed by atoms with E-state index < -0.39 is 0 Å². The van der Waals surface area contributed by atoms with Gasteiger partial charge in [0.1, 0.15) is 0 Å². The molecule has 1 rings (SSSR count). The summed E-state index contributed by atoms with van der Waals surface area (Å²) in [4.78, 5) is 0. The summed E-state index contributed by atoms with van der Waals surface area (Å²) in [5, 5.41) is 0. The van der Waals surface area contributed by atoms with Gasteiger partial charge in [0.15, 0.2) is 0 Å². The van der Waals surface area contributed by atoms with E-state index >= 15 is 0 Å². The van der Waals surface area contributed by atoms with Crippen LogP contribution in [0.25, 0.3) is 5.57 Å². The van der Waals surface area contributed by atoms with Crippen molar-refractivity contribution in [2.75, 3.05) is 0 Å². The van der Waals surface area contributed by atoms with Gasteiger partial charge in [0.2, 0.25) is 0 Å². The molecule has 0 aliphatic rings. The van der Waals surface area contributed by atoms with E-state index in [2.05, 4.69) is 52.1 Å². The third-order valence-corrected chi connectivity index (χ3v) is 2.32. The number of allylic oxidation sites excluding steroid dienone is 2. The van der Waals surface area contributed by atoms with Crippen molar-refractivity contribution >= 4 is 5.57 Å². The van der Waals surface area contributed by atoms with E-state index in [1.807, 2.05) is 13.8 Å². The zero-order valence-corrected chi connectivity index (χ0v) is 11.4. The van der Waals surface area contributed by atoms with Gasteiger partial charge in [-0.25, -0.2) is 0 Å². The molecule has 0 saturated heterocycles.